The van der Waals surface area contributed by atoms with E-state index in [1.54, 1.807) is 17.0 Å². The van der Waals surface area contributed by atoms with Gasteiger partial charge in [-0.1, -0.05) is 12.2 Å². The molecule has 1 atom stereocenters. The summed E-state index contributed by atoms with van der Waals surface area (Å²) in [7, 11) is 0. The molecule has 0 bridgehead atoms. The number of carboxylic acids is 1. The van der Waals surface area contributed by atoms with Crippen LogP contribution in [0.3, 0.4) is 0 Å². The lowest BCUT2D eigenvalue weighted by atomic mass is 10.0. The minimum absolute atomic E-state index is 0.0935. The molecular formula is C20H28N2O4. The summed E-state index contributed by atoms with van der Waals surface area (Å²) in [5.41, 5.74) is 1.60. The molecule has 0 aromatic heterocycles. The lowest BCUT2D eigenvalue weighted by molar-refractivity contribution is 0.0218. The largest absolute Gasteiger partial charge is 0.478 e. The number of benzene rings is 1. The van der Waals surface area contributed by atoms with Crippen molar-refractivity contribution < 1.29 is 19.4 Å². The van der Waals surface area contributed by atoms with Crippen LogP contribution in [0.5, 0.6) is 0 Å². The van der Waals surface area contributed by atoms with E-state index in [-0.39, 0.29) is 17.7 Å². The van der Waals surface area contributed by atoms with E-state index in [1.165, 1.54) is 0 Å². The maximum Gasteiger partial charge on any atom is 0.410 e. The van der Waals surface area contributed by atoms with Gasteiger partial charge in [0.2, 0.25) is 0 Å². The molecule has 1 amide bonds. The number of hydrogen-bond acceptors (Lipinski definition) is 4. The number of carboxylic acid groups (broad SMARTS) is 1. The van der Waals surface area contributed by atoms with E-state index >= 15 is 0 Å². The fourth-order valence-electron chi connectivity index (χ4n) is 3.07. The van der Waals surface area contributed by atoms with Crippen molar-refractivity contribution in [3.63, 3.8) is 0 Å². The molecule has 1 aliphatic heterocycles. The number of piperazine rings is 1. The fourth-order valence-corrected chi connectivity index (χ4v) is 3.07. The molecule has 1 aromatic carbocycles. The Morgan fingerprint density at radius 3 is 2.50 bits per heavy atom. The van der Waals surface area contributed by atoms with Crippen LogP contribution in [0.2, 0.25) is 0 Å². The second kappa shape index (κ2) is 7.81. The highest BCUT2D eigenvalue weighted by Crippen LogP contribution is 2.28. The van der Waals surface area contributed by atoms with Gasteiger partial charge < -0.3 is 19.6 Å². The smallest absolute Gasteiger partial charge is 0.410 e. The Balaban J connectivity index is 2.19. The van der Waals surface area contributed by atoms with Gasteiger partial charge in [0.1, 0.15) is 5.60 Å². The number of anilines is 1. The standard InChI is InChI=1S/C20H28N2O4/c1-6-7-15-12-16(18(23)24)8-9-17(15)22-11-10-21(13-14(22)2)19(25)26-20(3,4)5/h6-9,12,14H,10-11,13H2,1-5H3,(H,23,24). The predicted molar refractivity (Wildman–Crippen MR) is 103 cm³/mol. The zero-order chi connectivity index (χ0) is 19.5. The fraction of sp³-hybridized carbons (Fsp3) is 0.500. The van der Waals surface area contributed by atoms with E-state index < -0.39 is 11.6 Å². The summed E-state index contributed by atoms with van der Waals surface area (Å²) in [6.45, 7) is 11.3. The third-order valence-corrected chi connectivity index (χ3v) is 4.21. The molecule has 6 nitrogen and oxygen atoms in total. The van der Waals surface area contributed by atoms with E-state index in [1.807, 2.05) is 45.9 Å². The first kappa shape index (κ1) is 19.8. The highest BCUT2D eigenvalue weighted by molar-refractivity contribution is 5.90. The lowest BCUT2D eigenvalue weighted by Gasteiger charge is -2.42. The molecule has 0 spiro atoms. The first-order valence-electron chi connectivity index (χ1n) is 8.87. The molecule has 6 heteroatoms. The molecule has 0 aliphatic carbocycles. The second-order valence-corrected chi connectivity index (χ2v) is 7.55. The summed E-state index contributed by atoms with van der Waals surface area (Å²) in [4.78, 5) is 27.5. The molecule has 0 radical (unpaired) electrons. The summed E-state index contributed by atoms with van der Waals surface area (Å²) in [6.07, 6.45) is 3.51. The number of hydrogen-bond donors (Lipinski definition) is 1. The molecule has 1 heterocycles. The highest BCUT2D eigenvalue weighted by atomic mass is 16.6. The van der Waals surface area contributed by atoms with Crippen LogP contribution in [-0.4, -0.2) is 53.3 Å². The summed E-state index contributed by atoms with van der Waals surface area (Å²) in [6, 6.07) is 5.25. The maximum absolute atomic E-state index is 12.3. The van der Waals surface area contributed by atoms with Crippen molar-refractivity contribution in [2.75, 3.05) is 24.5 Å². The van der Waals surface area contributed by atoms with Crippen LogP contribution in [0.4, 0.5) is 10.5 Å². The van der Waals surface area contributed by atoms with Crippen molar-refractivity contribution in [2.24, 2.45) is 0 Å². The van der Waals surface area contributed by atoms with Crippen molar-refractivity contribution in [1.82, 2.24) is 4.90 Å². The number of aromatic carboxylic acids is 1. The lowest BCUT2D eigenvalue weighted by Crippen LogP contribution is -2.54. The van der Waals surface area contributed by atoms with Gasteiger partial charge in [-0.05, 0) is 58.4 Å². The number of rotatable bonds is 3. The summed E-state index contributed by atoms with van der Waals surface area (Å²) >= 11 is 0. The van der Waals surface area contributed by atoms with Crippen LogP contribution >= 0.6 is 0 Å². The predicted octanol–water partition coefficient (Wildman–Crippen LogP) is 3.86. The van der Waals surface area contributed by atoms with E-state index in [0.29, 0.717) is 19.6 Å². The highest BCUT2D eigenvalue weighted by Gasteiger charge is 2.30. The van der Waals surface area contributed by atoms with Crippen LogP contribution in [0.1, 0.15) is 50.5 Å². The van der Waals surface area contributed by atoms with Crippen molar-refractivity contribution in [2.45, 2.75) is 46.3 Å². The van der Waals surface area contributed by atoms with Gasteiger partial charge in [-0.15, -0.1) is 0 Å². The first-order chi connectivity index (χ1) is 12.1. The zero-order valence-corrected chi connectivity index (χ0v) is 16.2. The van der Waals surface area contributed by atoms with Gasteiger partial charge in [0.15, 0.2) is 0 Å². The van der Waals surface area contributed by atoms with Crippen LogP contribution in [0.25, 0.3) is 6.08 Å². The molecule has 1 aliphatic rings. The molecule has 142 valence electrons. The molecule has 2 rings (SSSR count). The summed E-state index contributed by atoms with van der Waals surface area (Å²) in [5, 5.41) is 9.22. The number of nitrogens with zero attached hydrogens (tertiary/aromatic N) is 2. The summed E-state index contributed by atoms with van der Waals surface area (Å²) < 4.78 is 5.46. The van der Waals surface area contributed by atoms with Crippen molar-refractivity contribution in [3.8, 4) is 0 Å². The average Bonchev–Trinajstić information content (AvgIpc) is 2.53. The normalized spacial score (nSPS) is 18.3. The van der Waals surface area contributed by atoms with E-state index in [4.69, 9.17) is 4.74 Å². The number of allylic oxidation sites excluding steroid dienone is 1. The topological polar surface area (TPSA) is 70.1 Å². The Morgan fingerprint density at radius 1 is 1.27 bits per heavy atom. The first-order valence-corrected chi connectivity index (χ1v) is 8.87. The third kappa shape index (κ3) is 4.77. The number of carbonyl (C=O) groups is 2. The minimum atomic E-state index is -0.940. The Hall–Kier alpha value is -2.50. The van der Waals surface area contributed by atoms with Crippen molar-refractivity contribution in [3.05, 3.63) is 35.4 Å². The molecule has 1 N–H and O–H groups in total. The number of carbonyl (C=O) groups excluding carboxylic acids is 1. The monoisotopic (exact) mass is 360 g/mol. The van der Waals surface area contributed by atoms with Gasteiger partial charge >= 0.3 is 12.1 Å². The zero-order valence-electron chi connectivity index (χ0n) is 16.2. The minimum Gasteiger partial charge on any atom is -0.478 e. The van der Waals surface area contributed by atoms with Gasteiger partial charge in [-0.25, -0.2) is 9.59 Å². The van der Waals surface area contributed by atoms with Crippen molar-refractivity contribution >= 4 is 23.8 Å². The molecule has 1 saturated heterocycles. The SMILES string of the molecule is CC=Cc1cc(C(=O)O)ccc1N1CCN(C(=O)OC(C)(C)C)CC1C. The van der Waals surface area contributed by atoms with Gasteiger partial charge in [0.05, 0.1) is 5.56 Å². The Bertz CT molecular complexity index is 706. The van der Waals surface area contributed by atoms with Gasteiger partial charge in [-0.2, -0.15) is 0 Å². The molecule has 1 unspecified atom stereocenters. The Morgan fingerprint density at radius 2 is 1.96 bits per heavy atom. The molecule has 1 fully saturated rings. The quantitative estimate of drug-likeness (QED) is 0.886. The van der Waals surface area contributed by atoms with Crippen LogP contribution in [0, 0.1) is 0 Å². The van der Waals surface area contributed by atoms with Gasteiger partial charge in [0, 0.05) is 31.4 Å². The Labute approximate surface area is 155 Å². The van der Waals surface area contributed by atoms with E-state index in [2.05, 4.69) is 11.8 Å². The molecule has 26 heavy (non-hydrogen) atoms. The van der Waals surface area contributed by atoms with Crippen LogP contribution in [0.15, 0.2) is 24.3 Å². The van der Waals surface area contributed by atoms with Crippen LogP contribution in [-0.2, 0) is 4.74 Å². The summed E-state index contributed by atoms with van der Waals surface area (Å²) in [5.74, 6) is -0.940. The van der Waals surface area contributed by atoms with Crippen molar-refractivity contribution in [1.29, 1.82) is 0 Å². The second-order valence-electron chi connectivity index (χ2n) is 7.55. The van der Waals surface area contributed by atoms with Crippen LogP contribution < -0.4 is 4.90 Å². The molecular weight excluding hydrogens is 332 g/mol. The number of amides is 1. The molecule has 0 saturated carbocycles. The third-order valence-electron chi connectivity index (χ3n) is 4.21. The van der Waals surface area contributed by atoms with E-state index in [9.17, 15) is 14.7 Å². The molecule has 1 aromatic rings. The van der Waals surface area contributed by atoms with E-state index in [0.717, 1.165) is 11.3 Å². The number of ether oxygens (including phenoxy) is 1. The van der Waals surface area contributed by atoms with Gasteiger partial charge in [-0.3, -0.25) is 0 Å². The maximum atomic E-state index is 12.3. The Kier molecular flexibility index (Phi) is 5.95. The van der Waals surface area contributed by atoms with Gasteiger partial charge in [0.25, 0.3) is 0 Å². The average molecular weight is 360 g/mol.